The summed E-state index contributed by atoms with van der Waals surface area (Å²) in [4.78, 5) is 2.08. The van der Waals surface area contributed by atoms with Crippen LogP contribution in [-0.4, -0.2) is 24.3 Å². The number of benzene rings is 2. The molecule has 0 fully saturated rings. The van der Waals surface area contributed by atoms with Crippen molar-refractivity contribution in [2.45, 2.75) is 0 Å². The van der Waals surface area contributed by atoms with Gasteiger partial charge in [-0.1, -0.05) is 30.3 Å². The summed E-state index contributed by atoms with van der Waals surface area (Å²) in [7, 11) is 4.07. The molecule has 0 N–H and O–H groups in total. The van der Waals surface area contributed by atoms with Crippen LogP contribution >= 0.6 is 0 Å². The number of hydrogen-bond donors (Lipinski definition) is 0. The predicted molar refractivity (Wildman–Crippen MR) is 79.3 cm³/mol. The van der Waals surface area contributed by atoms with Gasteiger partial charge in [0.15, 0.2) is 0 Å². The molecule has 94 valence electrons. The van der Waals surface area contributed by atoms with Crippen LogP contribution in [0, 0.1) is 0 Å². The summed E-state index contributed by atoms with van der Waals surface area (Å²) in [5.74, 6) is 0. The van der Waals surface area contributed by atoms with Gasteiger partial charge < -0.3 is 4.90 Å². The number of rotatable bonds is 2. The molecular formula is C16H15N3. The lowest BCUT2D eigenvalue weighted by Crippen LogP contribution is -2.08. The van der Waals surface area contributed by atoms with Crippen molar-refractivity contribution < 1.29 is 0 Å². The van der Waals surface area contributed by atoms with Crippen molar-refractivity contribution in [3.63, 3.8) is 0 Å². The van der Waals surface area contributed by atoms with Gasteiger partial charge in [-0.25, -0.2) is 0 Å². The number of hydrogen-bond acceptors (Lipinski definition) is 3. The van der Waals surface area contributed by atoms with E-state index in [-0.39, 0.29) is 0 Å². The fraction of sp³-hybridized carbons (Fsp3) is 0.125. The lowest BCUT2D eigenvalue weighted by atomic mass is 10.1. The Morgan fingerprint density at radius 1 is 0.842 bits per heavy atom. The van der Waals surface area contributed by atoms with Gasteiger partial charge in [-0.3, -0.25) is 0 Å². The zero-order valence-electron chi connectivity index (χ0n) is 11.0. The van der Waals surface area contributed by atoms with Crippen LogP contribution in [0.25, 0.3) is 22.2 Å². The van der Waals surface area contributed by atoms with E-state index in [4.69, 9.17) is 0 Å². The fourth-order valence-electron chi connectivity index (χ4n) is 2.07. The molecule has 0 saturated carbocycles. The third-order valence-electron chi connectivity index (χ3n) is 3.15. The molecule has 3 aromatic rings. The Labute approximate surface area is 112 Å². The Bertz CT molecular complexity index is 720. The molecule has 0 spiro atoms. The smallest absolute Gasteiger partial charge is 0.0936 e. The van der Waals surface area contributed by atoms with Gasteiger partial charge in [0.05, 0.1) is 11.2 Å². The minimum Gasteiger partial charge on any atom is -0.378 e. The first kappa shape index (κ1) is 11.7. The minimum absolute atomic E-state index is 0.905. The molecule has 0 aliphatic heterocycles. The quantitative estimate of drug-likeness (QED) is 0.697. The second-order valence-electron chi connectivity index (χ2n) is 4.73. The van der Waals surface area contributed by atoms with E-state index >= 15 is 0 Å². The highest BCUT2D eigenvalue weighted by atomic mass is 15.1. The van der Waals surface area contributed by atoms with Crippen molar-refractivity contribution >= 4 is 16.6 Å². The van der Waals surface area contributed by atoms with Gasteiger partial charge in [-0.2, -0.15) is 0 Å². The largest absolute Gasteiger partial charge is 0.378 e. The first-order valence-electron chi connectivity index (χ1n) is 6.24. The first-order chi connectivity index (χ1) is 9.24. The lowest BCUT2D eigenvalue weighted by Gasteiger charge is -2.13. The van der Waals surface area contributed by atoms with E-state index in [1.54, 1.807) is 0 Å². The second-order valence-corrected chi connectivity index (χ2v) is 4.73. The maximum absolute atomic E-state index is 4.31. The monoisotopic (exact) mass is 249 g/mol. The molecule has 1 aromatic heterocycles. The summed E-state index contributed by atoms with van der Waals surface area (Å²) in [6.07, 6.45) is 0. The standard InChI is InChI=1S/C16H15N3/c1-19(2)14-8-5-7-12(10-14)16-11-13-6-3-4-9-15(13)17-18-16/h3-11H,1-2H3. The van der Waals surface area contributed by atoms with Crippen molar-refractivity contribution in [1.29, 1.82) is 0 Å². The first-order valence-corrected chi connectivity index (χ1v) is 6.24. The molecular weight excluding hydrogens is 234 g/mol. The third kappa shape index (κ3) is 2.27. The van der Waals surface area contributed by atoms with Crippen molar-refractivity contribution in [3.05, 3.63) is 54.6 Å². The maximum Gasteiger partial charge on any atom is 0.0936 e. The van der Waals surface area contributed by atoms with E-state index in [0.717, 1.165) is 27.8 Å². The van der Waals surface area contributed by atoms with Gasteiger partial charge in [-0.05, 0) is 24.3 Å². The highest BCUT2D eigenvalue weighted by Gasteiger charge is 2.04. The summed E-state index contributed by atoms with van der Waals surface area (Å²) >= 11 is 0. The van der Waals surface area contributed by atoms with Crippen LogP contribution in [0.3, 0.4) is 0 Å². The Morgan fingerprint density at radius 2 is 1.68 bits per heavy atom. The number of fused-ring (bicyclic) bond motifs is 1. The summed E-state index contributed by atoms with van der Waals surface area (Å²) < 4.78 is 0. The van der Waals surface area contributed by atoms with Crippen LogP contribution < -0.4 is 4.90 Å². The summed E-state index contributed by atoms with van der Waals surface area (Å²) in [6, 6.07) is 18.4. The van der Waals surface area contributed by atoms with Crippen LogP contribution in [0.15, 0.2) is 54.6 Å². The lowest BCUT2D eigenvalue weighted by molar-refractivity contribution is 1.08. The summed E-state index contributed by atoms with van der Waals surface area (Å²) in [5, 5.41) is 9.69. The van der Waals surface area contributed by atoms with Gasteiger partial charge in [0.25, 0.3) is 0 Å². The average molecular weight is 249 g/mol. The molecule has 0 aliphatic carbocycles. The van der Waals surface area contributed by atoms with Crippen molar-refractivity contribution in [2.75, 3.05) is 19.0 Å². The van der Waals surface area contributed by atoms with Crippen LogP contribution in [-0.2, 0) is 0 Å². The molecule has 0 unspecified atom stereocenters. The normalized spacial score (nSPS) is 10.6. The fourth-order valence-corrected chi connectivity index (χ4v) is 2.07. The molecule has 1 heterocycles. The highest BCUT2D eigenvalue weighted by Crippen LogP contribution is 2.23. The summed E-state index contributed by atoms with van der Waals surface area (Å²) in [6.45, 7) is 0. The van der Waals surface area contributed by atoms with E-state index in [1.807, 2.05) is 38.4 Å². The highest BCUT2D eigenvalue weighted by molar-refractivity contribution is 5.82. The molecule has 0 radical (unpaired) electrons. The zero-order chi connectivity index (χ0) is 13.2. The van der Waals surface area contributed by atoms with E-state index in [2.05, 4.69) is 45.4 Å². The SMILES string of the molecule is CN(C)c1cccc(-c2cc3ccccc3nn2)c1. The van der Waals surface area contributed by atoms with E-state index in [9.17, 15) is 0 Å². The zero-order valence-corrected chi connectivity index (χ0v) is 11.0. The Hall–Kier alpha value is -2.42. The van der Waals surface area contributed by atoms with E-state index in [0.29, 0.717) is 0 Å². The molecule has 3 nitrogen and oxygen atoms in total. The third-order valence-corrected chi connectivity index (χ3v) is 3.15. The number of nitrogens with zero attached hydrogens (tertiary/aromatic N) is 3. The number of anilines is 1. The Balaban J connectivity index is 2.11. The Morgan fingerprint density at radius 3 is 2.53 bits per heavy atom. The molecule has 2 aromatic carbocycles. The van der Waals surface area contributed by atoms with Gasteiger partial charge in [0, 0.05) is 30.7 Å². The topological polar surface area (TPSA) is 29.0 Å². The van der Waals surface area contributed by atoms with Crippen molar-refractivity contribution in [1.82, 2.24) is 10.2 Å². The second kappa shape index (κ2) is 4.69. The predicted octanol–water partition coefficient (Wildman–Crippen LogP) is 3.36. The number of aromatic nitrogens is 2. The maximum atomic E-state index is 4.31. The molecule has 0 aliphatic rings. The molecule has 0 atom stereocenters. The Kier molecular flexibility index (Phi) is 2.88. The average Bonchev–Trinajstić information content (AvgIpc) is 2.47. The van der Waals surface area contributed by atoms with Gasteiger partial charge in [0.1, 0.15) is 0 Å². The van der Waals surface area contributed by atoms with Gasteiger partial charge >= 0.3 is 0 Å². The van der Waals surface area contributed by atoms with Crippen molar-refractivity contribution in [2.24, 2.45) is 0 Å². The molecule has 0 amide bonds. The molecule has 3 heteroatoms. The minimum atomic E-state index is 0.905. The molecule has 19 heavy (non-hydrogen) atoms. The van der Waals surface area contributed by atoms with Crippen molar-refractivity contribution in [3.8, 4) is 11.3 Å². The van der Waals surface area contributed by atoms with Crippen LogP contribution in [0.2, 0.25) is 0 Å². The van der Waals surface area contributed by atoms with E-state index < -0.39 is 0 Å². The molecule has 3 rings (SSSR count). The molecule has 0 bridgehead atoms. The van der Waals surface area contributed by atoms with Crippen LogP contribution in [0.4, 0.5) is 5.69 Å². The van der Waals surface area contributed by atoms with Gasteiger partial charge in [0.2, 0.25) is 0 Å². The molecule has 0 saturated heterocycles. The van der Waals surface area contributed by atoms with Crippen LogP contribution in [0.5, 0.6) is 0 Å². The summed E-state index contributed by atoms with van der Waals surface area (Å²) in [5.41, 5.74) is 4.08. The van der Waals surface area contributed by atoms with Gasteiger partial charge in [-0.15, -0.1) is 10.2 Å². The van der Waals surface area contributed by atoms with E-state index in [1.165, 1.54) is 0 Å². The van der Waals surface area contributed by atoms with Crippen LogP contribution in [0.1, 0.15) is 0 Å².